The Hall–Kier alpha value is -1.61. The molecule has 0 saturated heterocycles. The van der Waals surface area contributed by atoms with Gasteiger partial charge in [0.2, 0.25) is 0 Å². The molecule has 18 heavy (non-hydrogen) atoms. The second-order valence-electron chi connectivity index (χ2n) is 5.67. The van der Waals surface area contributed by atoms with Gasteiger partial charge >= 0.3 is 0 Å². The lowest BCUT2D eigenvalue weighted by atomic mass is 9.86. The Balaban J connectivity index is 2.10. The topological polar surface area (TPSA) is 48.9 Å². The molecule has 3 nitrogen and oxygen atoms in total. The van der Waals surface area contributed by atoms with E-state index in [1.807, 2.05) is 12.1 Å². The van der Waals surface area contributed by atoms with Gasteiger partial charge in [0.15, 0.2) is 0 Å². The summed E-state index contributed by atoms with van der Waals surface area (Å²) in [6.07, 6.45) is 3.45. The number of rotatable bonds is 3. The minimum Gasteiger partial charge on any atom is -0.388 e. The third kappa shape index (κ3) is 2.99. The molecule has 1 aromatic heterocycles. The number of imidazole rings is 1. The van der Waals surface area contributed by atoms with Crippen LogP contribution in [0, 0.1) is 0 Å². The molecule has 1 atom stereocenters. The van der Waals surface area contributed by atoms with Gasteiger partial charge in [-0.3, -0.25) is 0 Å². The first kappa shape index (κ1) is 12.8. The molecule has 2 aromatic rings. The average molecular weight is 244 g/mol. The van der Waals surface area contributed by atoms with E-state index in [0.717, 1.165) is 11.3 Å². The number of H-pyrrole nitrogens is 1. The number of aromatic amines is 1. The first-order chi connectivity index (χ1) is 8.47. The number of nitrogens with zero attached hydrogens (tertiary/aromatic N) is 1. The molecule has 3 heteroatoms. The van der Waals surface area contributed by atoms with Gasteiger partial charge in [-0.1, -0.05) is 45.0 Å². The van der Waals surface area contributed by atoms with Gasteiger partial charge in [0, 0.05) is 18.3 Å². The molecule has 1 aromatic carbocycles. The number of hydrogen-bond donors (Lipinski definition) is 2. The molecule has 0 fully saturated rings. The van der Waals surface area contributed by atoms with Gasteiger partial charge in [-0.2, -0.15) is 0 Å². The molecule has 0 aliphatic carbocycles. The van der Waals surface area contributed by atoms with Crippen molar-refractivity contribution in [1.82, 2.24) is 9.97 Å². The van der Waals surface area contributed by atoms with Crippen molar-refractivity contribution in [3.05, 3.63) is 53.6 Å². The standard InChI is InChI=1S/C15H20N2O/c1-15(2,3)12-6-4-11(5-7-12)14(18)8-13-9-16-10-17-13/h4-7,9-10,14,18H,8H2,1-3H3,(H,16,17)/t14-/m0/s1. The van der Waals surface area contributed by atoms with Crippen LogP contribution in [0.4, 0.5) is 0 Å². The van der Waals surface area contributed by atoms with Crippen LogP contribution in [0.25, 0.3) is 0 Å². The van der Waals surface area contributed by atoms with Gasteiger partial charge < -0.3 is 10.1 Å². The summed E-state index contributed by atoms with van der Waals surface area (Å²) in [5.41, 5.74) is 3.31. The van der Waals surface area contributed by atoms with Crippen molar-refractivity contribution in [1.29, 1.82) is 0 Å². The molecule has 0 aliphatic heterocycles. The predicted molar refractivity (Wildman–Crippen MR) is 72.4 cm³/mol. The SMILES string of the molecule is CC(C)(C)c1ccc([C@@H](O)Cc2cnc[nH]2)cc1. The second-order valence-corrected chi connectivity index (χ2v) is 5.67. The van der Waals surface area contributed by atoms with Gasteiger partial charge in [-0.05, 0) is 16.5 Å². The van der Waals surface area contributed by atoms with Crippen LogP contribution in [0.1, 0.15) is 43.7 Å². The maximum Gasteiger partial charge on any atom is 0.0921 e. The van der Waals surface area contributed by atoms with E-state index in [0.29, 0.717) is 6.42 Å². The molecule has 2 rings (SSSR count). The second kappa shape index (κ2) is 4.94. The highest BCUT2D eigenvalue weighted by Crippen LogP contribution is 2.24. The van der Waals surface area contributed by atoms with Crippen LogP contribution in [0.5, 0.6) is 0 Å². The van der Waals surface area contributed by atoms with Gasteiger partial charge in [-0.25, -0.2) is 4.98 Å². The first-order valence-corrected chi connectivity index (χ1v) is 6.22. The highest BCUT2D eigenvalue weighted by molar-refractivity contribution is 5.29. The molecular weight excluding hydrogens is 224 g/mol. The van der Waals surface area contributed by atoms with Crippen molar-refractivity contribution >= 4 is 0 Å². The lowest BCUT2D eigenvalue weighted by molar-refractivity contribution is 0.177. The van der Waals surface area contributed by atoms with Crippen LogP contribution in [0.2, 0.25) is 0 Å². The Bertz CT molecular complexity index is 480. The summed E-state index contributed by atoms with van der Waals surface area (Å²) in [6.45, 7) is 6.55. The van der Waals surface area contributed by atoms with E-state index in [1.165, 1.54) is 5.56 Å². The Morgan fingerprint density at radius 2 is 1.89 bits per heavy atom. The zero-order chi connectivity index (χ0) is 13.2. The van der Waals surface area contributed by atoms with E-state index >= 15 is 0 Å². The zero-order valence-electron chi connectivity index (χ0n) is 11.1. The largest absolute Gasteiger partial charge is 0.388 e. The summed E-state index contributed by atoms with van der Waals surface area (Å²) < 4.78 is 0. The number of aliphatic hydroxyl groups is 1. The lowest BCUT2D eigenvalue weighted by Gasteiger charge is -2.20. The van der Waals surface area contributed by atoms with E-state index in [9.17, 15) is 5.11 Å². The fourth-order valence-electron chi connectivity index (χ4n) is 1.93. The van der Waals surface area contributed by atoms with Crippen molar-refractivity contribution in [2.75, 3.05) is 0 Å². The molecule has 0 amide bonds. The molecule has 0 bridgehead atoms. The number of aromatic nitrogens is 2. The lowest BCUT2D eigenvalue weighted by Crippen LogP contribution is -2.11. The molecule has 0 aliphatic rings. The molecule has 2 N–H and O–H groups in total. The van der Waals surface area contributed by atoms with Crippen molar-refractivity contribution in [2.45, 2.75) is 38.7 Å². The smallest absolute Gasteiger partial charge is 0.0921 e. The minimum absolute atomic E-state index is 0.146. The van der Waals surface area contributed by atoms with E-state index in [2.05, 4.69) is 42.9 Å². The highest BCUT2D eigenvalue weighted by Gasteiger charge is 2.15. The summed E-state index contributed by atoms with van der Waals surface area (Å²) in [4.78, 5) is 6.95. The zero-order valence-corrected chi connectivity index (χ0v) is 11.1. The van der Waals surface area contributed by atoms with E-state index < -0.39 is 6.10 Å². The number of benzene rings is 1. The molecule has 1 heterocycles. The van der Waals surface area contributed by atoms with Crippen LogP contribution >= 0.6 is 0 Å². The van der Waals surface area contributed by atoms with Crippen LogP contribution < -0.4 is 0 Å². The van der Waals surface area contributed by atoms with E-state index in [4.69, 9.17) is 0 Å². The van der Waals surface area contributed by atoms with Gasteiger partial charge in [0.1, 0.15) is 0 Å². The summed E-state index contributed by atoms with van der Waals surface area (Å²) in [6, 6.07) is 8.18. The van der Waals surface area contributed by atoms with E-state index in [-0.39, 0.29) is 5.41 Å². The molecule has 96 valence electrons. The van der Waals surface area contributed by atoms with E-state index in [1.54, 1.807) is 12.5 Å². The summed E-state index contributed by atoms with van der Waals surface area (Å²) in [7, 11) is 0. The molecule has 0 saturated carbocycles. The van der Waals surface area contributed by atoms with Crippen LogP contribution in [0.15, 0.2) is 36.8 Å². The van der Waals surface area contributed by atoms with Gasteiger partial charge in [0.05, 0.1) is 12.4 Å². The van der Waals surface area contributed by atoms with Crippen molar-refractivity contribution < 1.29 is 5.11 Å². The van der Waals surface area contributed by atoms with Gasteiger partial charge in [-0.15, -0.1) is 0 Å². The molecule has 0 radical (unpaired) electrons. The van der Waals surface area contributed by atoms with Crippen LogP contribution in [-0.2, 0) is 11.8 Å². The number of aliphatic hydroxyl groups excluding tert-OH is 1. The van der Waals surface area contributed by atoms with Crippen molar-refractivity contribution in [3.63, 3.8) is 0 Å². The molecule has 0 unspecified atom stereocenters. The molecular formula is C15H20N2O. The number of hydrogen-bond acceptors (Lipinski definition) is 2. The maximum absolute atomic E-state index is 10.1. The van der Waals surface area contributed by atoms with Crippen molar-refractivity contribution in [3.8, 4) is 0 Å². The Labute approximate surface area is 108 Å². The number of nitrogens with one attached hydrogen (secondary N) is 1. The van der Waals surface area contributed by atoms with Crippen molar-refractivity contribution in [2.24, 2.45) is 0 Å². The normalized spacial score (nSPS) is 13.6. The van der Waals surface area contributed by atoms with Crippen LogP contribution in [0.3, 0.4) is 0 Å². The Kier molecular flexibility index (Phi) is 3.53. The third-order valence-corrected chi connectivity index (χ3v) is 3.13. The first-order valence-electron chi connectivity index (χ1n) is 6.22. The Morgan fingerprint density at radius 3 is 2.39 bits per heavy atom. The van der Waals surface area contributed by atoms with Gasteiger partial charge in [0.25, 0.3) is 0 Å². The fourth-order valence-corrected chi connectivity index (χ4v) is 1.93. The summed E-state index contributed by atoms with van der Waals surface area (Å²) >= 11 is 0. The molecule has 0 spiro atoms. The Morgan fingerprint density at radius 1 is 1.22 bits per heavy atom. The highest BCUT2D eigenvalue weighted by atomic mass is 16.3. The monoisotopic (exact) mass is 244 g/mol. The third-order valence-electron chi connectivity index (χ3n) is 3.13. The summed E-state index contributed by atoms with van der Waals surface area (Å²) in [5.74, 6) is 0. The fraction of sp³-hybridized carbons (Fsp3) is 0.400. The minimum atomic E-state index is -0.487. The predicted octanol–water partition coefficient (Wildman–Crippen LogP) is 2.98. The average Bonchev–Trinajstić information content (AvgIpc) is 2.81. The summed E-state index contributed by atoms with van der Waals surface area (Å²) in [5, 5.41) is 10.1. The quantitative estimate of drug-likeness (QED) is 0.872. The maximum atomic E-state index is 10.1. The van der Waals surface area contributed by atoms with Crippen LogP contribution in [-0.4, -0.2) is 15.1 Å².